The van der Waals surface area contributed by atoms with E-state index < -0.39 is 11.9 Å². The molecule has 0 aliphatic carbocycles. The highest BCUT2D eigenvalue weighted by Crippen LogP contribution is 2.17. The number of para-hydroxylation sites is 1. The van der Waals surface area contributed by atoms with Gasteiger partial charge in [-0.2, -0.15) is 0 Å². The Morgan fingerprint density at radius 3 is 2.41 bits per heavy atom. The molecule has 2 aromatic carbocycles. The van der Waals surface area contributed by atoms with Gasteiger partial charge in [0.15, 0.2) is 6.61 Å². The second kappa shape index (κ2) is 7.26. The van der Waals surface area contributed by atoms with Crippen LogP contribution < -0.4 is 10.5 Å². The van der Waals surface area contributed by atoms with Crippen molar-refractivity contribution in [2.24, 2.45) is 5.73 Å². The molecule has 5 heteroatoms. The molecular weight excluding hydrogens is 282 g/mol. The fraction of sp³-hybridized carbons (Fsp3) is 0.176. The molecule has 22 heavy (non-hydrogen) atoms. The van der Waals surface area contributed by atoms with Crippen molar-refractivity contribution in [3.63, 3.8) is 0 Å². The van der Waals surface area contributed by atoms with Crippen LogP contribution in [0.25, 0.3) is 0 Å². The van der Waals surface area contributed by atoms with Crippen LogP contribution in [-0.2, 0) is 16.1 Å². The molecule has 2 aromatic rings. The maximum absolute atomic E-state index is 11.7. The minimum Gasteiger partial charge on any atom is -0.481 e. The summed E-state index contributed by atoms with van der Waals surface area (Å²) in [6, 6.07) is 14.2. The number of benzene rings is 2. The van der Waals surface area contributed by atoms with Gasteiger partial charge in [0.25, 0.3) is 5.91 Å². The second-order valence-corrected chi connectivity index (χ2v) is 4.80. The number of aryl methyl sites for hydroxylation is 1. The highest BCUT2D eigenvalue weighted by Gasteiger charge is 2.11. The highest BCUT2D eigenvalue weighted by atomic mass is 16.6. The lowest BCUT2D eigenvalue weighted by Gasteiger charge is -2.09. The number of amides is 1. The van der Waals surface area contributed by atoms with Gasteiger partial charge in [0.1, 0.15) is 12.4 Å². The maximum Gasteiger partial charge on any atom is 0.344 e. The predicted molar refractivity (Wildman–Crippen MR) is 81.4 cm³/mol. The SMILES string of the molecule is Cc1ccc(COC(=O)COc2ccccc2C(N)=O)cc1. The number of rotatable bonds is 6. The Morgan fingerprint density at radius 1 is 1.05 bits per heavy atom. The van der Waals surface area contributed by atoms with E-state index in [2.05, 4.69) is 0 Å². The van der Waals surface area contributed by atoms with E-state index >= 15 is 0 Å². The van der Waals surface area contributed by atoms with Gasteiger partial charge in [-0.3, -0.25) is 4.79 Å². The van der Waals surface area contributed by atoms with Crippen molar-refractivity contribution in [2.45, 2.75) is 13.5 Å². The van der Waals surface area contributed by atoms with Crippen molar-refractivity contribution in [1.29, 1.82) is 0 Å². The van der Waals surface area contributed by atoms with Crippen LogP contribution in [0.15, 0.2) is 48.5 Å². The van der Waals surface area contributed by atoms with E-state index in [0.717, 1.165) is 11.1 Å². The molecule has 0 bridgehead atoms. The lowest BCUT2D eigenvalue weighted by Crippen LogP contribution is -2.18. The van der Waals surface area contributed by atoms with Crippen molar-refractivity contribution in [2.75, 3.05) is 6.61 Å². The standard InChI is InChI=1S/C17H17NO4/c1-12-6-8-13(9-7-12)10-22-16(19)11-21-15-5-3-2-4-14(15)17(18)20/h2-9H,10-11H2,1H3,(H2,18,20). The van der Waals surface area contributed by atoms with E-state index in [4.69, 9.17) is 15.2 Å². The van der Waals surface area contributed by atoms with Crippen LogP contribution >= 0.6 is 0 Å². The molecule has 0 saturated carbocycles. The van der Waals surface area contributed by atoms with Crippen LogP contribution in [0.1, 0.15) is 21.5 Å². The average molecular weight is 299 g/mol. The molecule has 2 rings (SSSR count). The summed E-state index contributed by atoms with van der Waals surface area (Å²) >= 11 is 0. The molecule has 0 spiro atoms. The average Bonchev–Trinajstić information content (AvgIpc) is 2.52. The first-order valence-electron chi connectivity index (χ1n) is 6.79. The number of esters is 1. The molecule has 0 atom stereocenters. The first-order chi connectivity index (χ1) is 10.6. The summed E-state index contributed by atoms with van der Waals surface area (Å²) in [7, 11) is 0. The number of carbonyl (C=O) groups is 2. The number of hydrogen-bond acceptors (Lipinski definition) is 4. The Kier molecular flexibility index (Phi) is 5.14. The third-order valence-electron chi connectivity index (χ3n) is 3.02. The summed E-state index contributed by atoms with van der Waals surface area (Å²) in [6.07, 6.45) is 0. The molecule has 0 aliphatic rings. The first kappa shape index (κ1) is 15.6. The van der Waals surface area contributed by atoms with Crippen molar-refractivity contribution >= 4 is 11.9 Å². The smallest absolute Gasteiger partial charge is 0.344 e. The van der Waals surface area contributed by atoms with Crippen LogP contribution in [0.3, 0.4) is 0 Å². The third-order valence-corrected chi connectivity index (χ3v) is 3.02. The third kappa shape index (κ3) is 4.34. The second-order valence-electron chi connectivity index (χ2n) is 4.80. The molecule has 0 radical (unpaired) electrons. The molecule has 5 nitrogen and oxygen atoms in total. The predicted octanol–water partition coefficient (Wildman–Crippen LogP) is 2.22. The topological polar surface area (TPSA) is 78.6 Å². The zero-order valence-electron chi connectivity index (χ0n) is 12.2. The van der Waals surface area contributed by atoms with Crippen LogP contribution in [0.2, 0.25) is 0 Å². The molecule has 0 unspecified atom stereocenters. The molecule has 0 heterocycles. The summed E-state index contributed by atoms with van der Waals surface area (Å²) in [4.78, 5) is 22.9. The van der Waals surface area contributed by atoms with E-state index in [-0.39, 0.29) is 24.5 Å². The van der Waals surface area contributed by atoms with E-state index in [9.17, 15) is 9.59 Å². The van der Waals surface area contributed by atoms with Crippen molar-refractivity contribution in [1.82, 2.24) is 0 Å². The molecule has 0 fully saturated rings. The summed E-state index contributed by atoms with van der Waals surface area (Å²) in [6.45, 7) is 1.88. The van der Waals surface area contributed by atoms with Gasteiger partial charge >= 0.3 is 5.97 Å². The summed E-state index contributed by atoms with van der Waals surface area (Å²) < 4.78 is 10.4. The van der Waals surface area contributed by atoms with Gasteiger partial charge in [-0.05, 0) is 24.6 Å². The molecule has 0 saturated heterocycles. The van der Waals surface area contributed by atoms with Crippen LogP contribution in [-0.4, -0.2) is 18.5 Å². The molecule has 2 N–H and O–H groups in total. The van der Waals surface area contributed by atoms with Gasteiger partial charge in [-0.15, -0.1) is 0 Å². The first-order valence-corrected chi connectivity index (χ1v) is 6.79. The Balaban J connectivity index is 1.85. The number of hydrogen-bond donors (Lipinski definition) is 1. The number of carbonyl (C=O) groups excluding carboxylic acids is 2. The highest BCUT2D eigenvalue weighted by molar-refractivity contribution is 5.95. The van der Waals surface area contributed by atoms with Gasteiger partial charge in [0.2, 0.25) is 0 Å². The minimum atomic E-state index is -0.608. The van der Waals surface area contributed by atoms with Crippen molar-refractivity contribution in [3.8, 4) is 5.75 Å². The molecule has 1 amide bonds. The normalized spacial score (nSPS) is 10.0. The Hall–Kier alpha value is -2.82. The number of nitrogens with two attached hydrogens (primary N) is 1. The summed E-state index contributed by atoms with van der Waals surface area (Å²) in [5.41, 5.74) is 7.50. The lowest BCUT2D eigenvalue weighted by molar-refractivity contribution is -0.147. The Morgan fingerprint density at radius 2 is 1.73 bits per heavy atom. The van der Waals surface area contributed by atoms with E-state index in [0.29, 0.717) is 0 Å². The molecule has 0 aromatic heterocycles. The van der Waals surface area contributed by atoms with Gasteiger partial charge in [-0.1, -0.05) is 42.0 Å². The van der Waals surface area contributed by atoms with E-state index in [1.807, 2.05) is 31.2 Å². The lowest BCUT2D eigenvalue weighted by atomic mass is 10.2. The fourth-order valence-corrected chi connectivity index (χ4v) is 1.82. The van der Waals surface area contributed by atoms with Crippen LogP contribution in [0.5, 0.6) is 5.75 Å². The molecule has 0 aliphatic heterocycles. The van der Waals surface area contributed by atoms with Gasteiger partial charge in [0.05, 0.1) is 5.56 Å². The fourth-order valence-electron chi connectivity index (χ4n) is 1.82. The van der Waals surface area contributed by atoms with Crippen molar-refractivity contribution < 1.29 is 19.1 Å². The maximum atomic E-state index is 11.7. The minimum absolute atomic E-state index is 0.180. The van der Waals surface area contributed by atoms with Gasteiger partial charge in [0, 0.05) is 0 Å². The zero-order chi connectivity index (χ0) is 15.9. The van der Waals surface area contributed by atoms with Crippen molar-refractivity contribution in [3.05, 3.63) is 65.2 Å². The molecular formula is C17H17NO4. The Labute approximate surface area is 128 Å². The summed E-state index contributed by atoms with van der Waals surface area (Å²) in [5, 5.41) is 0. The van der Waals surface area contributed by atoms with Crippen LogP contribution in [0, 0.1) is 6.92 Å². The summed E-state index contributed by atoms with van der Waals surface area (Å²) in [5.74, 6) is -0.856. The number of ether oxygens (including phenoxy) is 2. The van der Waals surface area contributed by atoms with E-state index in [1.165, 1.54) is 6.07 Å². The number of primary amides is 1. The largest absolute Gasteiger partial charge is 0.481 e. The zero-order valence-corrected chi connectivity index (χ0v) is 12.2. The van der Waals surface area contributed by atoms with Gasteiger partial charge < -0.3 is 15.2 Å². The van der Waals surface area contributed by atoms with Crippen LogP contribution in [0.4, 0.5) is 0 Å². The molecule has 114 valence electrons. The van der Waals surface area contributed by atoms with Gasteiger partial charge in [-0.25, -0.2) is 4.79 Å². The monoisotopic (exact) mass is 299 g/mol. The van der Waals surface area contributed by atoms with E-state index in [1.54, 1.807) is 18.2 Å². The quantitative estimate of drug-likeness (QED) is 0.829. The Bertz CT molecular complexity index is 665.